The van der Waals surface area contributed by atoms with Gasteiger partial charge in [0, 0.05) is 11.4 Å². The zero-order valence-corrected chi connectivity index (χ0v) is 8.01. The van der Waals surface area contributed by atoms with Crippen LogP contribution >= 0.6 is 12.6 Å². The zero-order valence-electron chi connectivity index (χ0n) is 7.12. The summed E-state index contributed by atoms with van der Waals surface area (Å²) in [5.41, 5.74) is 12.1. The van der Waals surface area contributed by atoms with Crippen molar-refractivity contribution in [3.05, 3.63) is 29.8 Å². The van der Waals surface area contributed by atoms with E-state index in [9.17, 15) is 0 Å². The van der Waals surface area contributed by atoms with Crippen LogP contribution in [0.2, 0.25) is 0 Å². The van der Waals surface area contributed by atoms with Crippen molar-refractivity contribution in [2.24, 2.45) is 11.5 Å². The van der Waals surface area contributed by atoms with Gasteiger partial charge < -0.3 is 11.5 Å². The van der Waals surface area contributed by atoms with Gasteiger partial charge in [-0.2, -0.15) is 0 Å². The molecule has 66 valence electrons. The molecule has 0 fully saturated rings. The van der Waals surface area contributed by atoms with Gasteiger partial charge in [-0.15, -0.1) is 12.6 Å². The second-order valence-corrected chi connectivity index (χ2v) is 3.68. The molecule has 0 aliphatic heterocycles. The van der Waals surface area contributed by atoms with Gasteiger partial charge in [-0.1, -0.05) is 12.1 Å². The van der Waals surface area contributed by atoms with Crippen LogP contribution in [0.4, 0.5) is 0 Å². The molecule has 0 radical (unpaired) electrons. The molecular formula is C9H14N2S. The quantitative estimate of drug-likeness (QED) is 0.600. The average molecular weight is 182 g/mol. The van der Waals surface area contributed by atoms with Gasteiger partial charge in [0.2, 0.25) is 0 Å². The van der Waals surface area contributed by atoms with Crippen molar-refractivity contribution in [2.75, 3.05) is 6.54 Å². The van der Waals surface area contributed by atoms with Crippen LogP contribution in [-0.2, 0) is 5.54 Å². The molecule has 0 aliphatic carbocycles. The number of benzene rings is 1. The average Bonchev–Trinajstić information content (AvgIpc) is 2.05. The van der Waals surface area contributed by atoms with Gasteiger partial charge in [-0.05, 0) is 24.6 Å². The molecule has 1 aromatic rings. The number of nitrogens with two attached hydrogens (primary N) is 2. The molecule has 1 unspecified atom stereocenters. The van der Waals surface area contributed by atoms with E-state index in [-0.39, 0.29) is 0 Å². The van der Waals surface area contributed by atoms with E-state index in [0.717, 1.165) is 10.5 Å². The number of hydrogen-bond acceptors (Lipinski definition) is 3. The van der Waals surface area contributed by atoms with Crippen molar-refractivity contribution in [3.63, 3.8) is 0 Å². The largest absolute Gasteiger partial charge is 0.328 e. The van der Waals surface area contributed by atoms with E-state index in [2.05, 4.69) is 12.6 Å². The molecule has 12 heavy (non-hydrogen) atoms. The third-order valence-electron chi connectivity index (χ3n) is 1.95. The SMILES string of the molecule is CC(N)(CN)c1ccc(S)cc1. The van der Waals surface area contributed by atoms with E-state index in [1.165, 1.54) is 0 Å². The van der Waals surface area contributed by atoms with Crippen LogP contribution in [0.15, 0.2) is 29.2 Å². The fourth-order valence-corrected chi connectivity index (χ4v) is 1.11. The summed E-state index contributed by atoms with van der Waals surface area (Å²) in [5.74, 6) is 0. The Labute approximate surface area is 78.4 Å². The summed E-state index contributed by atoms with van der Waals surface area (Å²) >= 11 is 4.18. The van der Waals surface area contributed by atoms with Crippen molar-refractivity contribution in [2.45, 2.75) is 17.4 Å². The fraction of sp³-hybridized carbons (Fsp3) is 0.333. The molecule has 1 rings (SSSR count). The second-order valence-electron chi connectivity index (χ2n) is 3.17. The molecule has 1 atom stereocenters. The summed E-state index contributed by atoms with van der Waals surface area (Å²) in [4.78, 5) is 0.937. The maximum absolute atomic E-state index is 5.94. The van der Waals surface area contributed by atoms with Crippen LogP contribution in [0, 0.1) is 0 Å². The lowest BCUT2D eigenvalue weighted by Gasteiger charge is -2.22. The first kappa shape index (κ1) is 9.58. The van der Waals surface area contributed by atoms with Gasteiger partial charge in [0.15, 0.2) is 0 Å². The minimum Gasteiger partial charge on any atom is -0.328 e. The summed E-state index contributed by atoms with van der Waals surface area (Å²) in [7, 11) is 0. The summed E-state index contributed by atoms with van der Waals surface area (Å²) in [6.45, 7) is 2.36. The highest BCUT2D eigenvalue weighted by molar-refractivity contribution is 7.80. The van der Waals surface area contributed by atoms with E-state index in [1.54, 1.807) is 0 Å². The molecule has 0 aromatic heterocycles. The highest BCUT2D eigenvalue weighted by atomic mass is 32.1. The Morgan fingerprint density at radius 2 is 1.83 bits per heavy atom. The Morgan fingerprint density at radius 1 is 1.33 bits per heavy atom. The van der Waals surface area contributed by atoms with Crippen LogP contribution in [0.1, 0.15) is 12.5 Å². The summed E-state index contributed by atoms with van der Waals surface area (Å²) in [6, 6.07) is 7.74. The second kappa shape index (κ2) is 3.47. The first-order chi connectivity index (χ1) is 5.56. The number of thiol groups is 1. The summed E-state index contributed by atoms with van der Waals surface area (Å²) < 4.78 is 0. The van der Waals surface area contributed by atoms with E-state index >= 15 is 0 Å². The predicted octanol–water partition coefficient (Wildman–Crippen LogP) is 1.11. The predicted molar refractivity (Wildman–Crippen MR) is 54.3 cm³/mol. The van der Waals surface area contributed by atoms with Crippen LogP contribution in [0.5, 0.6) is 0 Å². The van der Waals surface area contributed by atoms with Gasteiger partial charge in [0.25, 0.3) is 0 Å². The Bertz CT molecular complexity index is 254. The molecule has 0 bridgehead atoms. The Hall–Kier alpha value is -0.510. The maximum atomic E-state index is 5.94. The van der Waals surface area contributed by atoms with Crippen molar-refractivity contribution >= 4 is 12.6 Å². The Balaban J connectivity index is 2.96. The minimum atomic E-state index is -0.429. The topological polar surface area (TPSA) is 52.0 Å². The highest BCUT2D eigenvalue weighted by Crippen LogP contribution is 2.17. The van der Waals surface area contributed by atoms with Gasteiger partial charge in [0.05, 0.1) is 5.54 Å². The van der Waals surface area contributed by atoms with Gasteiger partial charge in [0.1, 0.15) is 0 Å². The Morgan fingerprint density at radius 3 is 2.25 bits per heavy atom. The van der Waals surface area contributed by atoms with E-state index in [1.807, 2.05) is 31.2 Å². The smallest absolute Gasteiger partial charge is 0.0505 e. The van der Waals surface area contributed by atoms with Crippen molar-refractivity contribution in [3.8, 4) is 0 Å². The molecule has 0 amide bonds. The molecule has 0 heterocycles. The molecule has 0 saturated heterocycles. The van der Waals surface area contributed by atoms with E-state index < -0.39 is 5.54 Å². The summed E-state index contributed by atoms with van der Waals surface area (Å²) in [5, 5.41) is 0. The van der Waals surface area contributed by atoms with Crippen molar-refractivity contribution in [1.29, 1.82) is 0 Å². The maximum Gasteiger partial charge on any atom is 0.0505 e. The third-order valence-corrected chi connectivity index (χ3v) is 2.25. The molecular weight excluding hydrogens is 168 g/mol. The first-order valence-corrected chi connectivity index (χ1v) is 4.29. The Kier molecular flexibility index (Phi) is 2.77. The van der Waals surface area contributed by atoms with Gasteiger partial charge >= 0.3 is 0 Å². The molecule has 3 heteroatoms. The first-order valence-electron chi connectivity index (χ1n) is 3.85. The monoisotopic (exact) mass is 182 g/mol. The van der Waals surface area contributed by atoms with Crippen molar-refractivity contribution in [1.82, 2.24) is 0 Å². The zero-order chi connectivity index (χ0) is 9.19. The molecule has 0 spiro atoms. The standard InChI is InChI=1S/C9H14N2S/c1-9(11,6-10)7-2-4-8(12)5-3-7/h2-5,12H,6,10-11H2,1H3. The van der Waals surface area contributed by atoms with Crippen molar-refractivity contribution < 1.29 is 0 Å². The molecule has 0 aliphatic rings. The highest BCUT2D eigenvalue weighted by Gasteiger charge is 2.17. The van der Waals surface area contributed by atoms with E-state index in [0.29, 0.717) is 6.54 Å². The van der Waals surface area contributed by atoms with Crippen LogP contribution in [0.25, 0.3) is 0 Å². The fourth-order valence-electron chi connectivity index (χ4n) is 0.960. The minimum absolute atomic E-state index is 0.429. The normalized spacial score (nSPS) is 15.7. The van der Waals surface area contributed by atoms with Gasteiger partial charge in [-0.25, -0.2) is 0 Å². The number of hydrogen-bond donors (Lipinski definition) is 3. The van der Waals surface area contributed by atoms with E-state index in [4.69, 9.17) is 11.5 Å². The van der Waals surface area contributed by atoms with Gasteiger partial charge in [-0.3, -0.25) is 0 Å². The molecule has 0 saturated carbocycles. The summed E-state index contributed by atoms with van der Waals surface area (Å²) in [6.07, 6.45) is 0. The molecule has 2 nitrogen and oxygen atoms in total. The van der Waals surface area contributed by atoms with Crippen LogP contribution < -0.4 is 11.5 Å². The van der Waals surface area contributed by atoms with Crippen LogP contribution in [-0.4, -0.2) is 6.54 Å². The van der Waals surface area contributed by atoms with Crippen LogP contribution in [0.3, 0.4) is 0 Å². The third kappa shape index (κ3) is 2.00. The lowest BCUT2D eigenvalue weighted by molar-refractivity contribution is 0.507. The number of rotatable bonds is 2. The lowest BCUT2D eigenvalue weighted by Crippen LogP contribution is -2.40. The molecule has 1 aromatic carbocycles. The molecule has 4 N–H and O–H groups in total. The lowest BCUT2D eigenvalue weighted by atomic mass is 9.94.